The van der Waals surface area contributed by atoms with Crippen LogP contribution in [0.15, 0.2) is 24.3 Å². The molecule has 0 atom stereocenters. The maximum Gasteiger partial charge on any atom is 0.284 e. The number of carbonyl (C=O) groups excluding carboxylic acids is 1. The number of nitrogens with two attached hydrogens (primary N) is 1. The van der Waals surface area contributed by atoms with E-state index >= 15 is 0 Å². The molecular weight excluding hydrogens is 393 g/mol. The van der Waals surface area contributed by atoms with Crippen LogP contribution in [0.3, 0.4) is 0 Å². The summed E-state index contributed by atoms with van der Waals surface area (Å²) in [5.41, 5.74) is 7.78. The Morgan fingerprint density at radius 3 is 2.80 bits per heavy atom. The third-order valence-corrected chi connectivity index (χ3v) is 4.29. The van der Waals surface area contributed by atoms with Crippen molar-refractivity contribution in [2.45, 2.75) is 44.6 Å². The Morgan fingerprint density at radius 2 is 2.17 bits per heavy atom. The molecule has 0 bridgehead atoms. The van der Waals surface area contributed by atoms with Gasteiger partial charge in [-0.2, -0.15) is 10.2 Å². The third-order valence-electron chi connectivity index (χ3n) is 4.29. The largest absolute Gasteiger partial charge is 0.473 e. The smallest absolute Gasteiger partial charge is 0.284 e. The molecule has 1 aliphatic carbocycles. The molecule has 10 heteroatoms. The zero-order valence-corrected chi connectivity index (χ0v) is 16.6. The van der Waals surface area contributed by atoms with Crippen LogP contribution in [0.25, 0.3) is 11.4 Å². The molecule has 1 fully saturated rings. The average molecular weight is 415 g/mol. The number of carbonyl (C=O) groups is 1. The number of anilines is 1. The fourth-order valence-corrected chi connectivity index (χ4v) is 2.70. The molecule has 9 nitrogen and oxygen atoms in total. The normalized spacial score (nSPS) is 18.2. The van der Waals surface area contributed by atoms with Gasteiger partial charge in [0.2, 0.25) is 5.88 Å². The number of hydrogen-bond acceptors (Lipinski definition) is 8. The van der Waals surface area contributed by atoms with Crippen molar-refractivity contribution >= 4 is 11.7 Å². The van der Waals surface area contributed by atoms with Crippen molar-refractivity contribution in [3.05, 3.63) is 35.4 Å². The molecule has 1 aromatic heterocycles. The van der Waals surface area contributed by atoms with Crippen LogP contribution in [0, 0.1) is 11.3 Å². The van der Waals surface area contributed by atoms with Crippen molar-refractivity contribution < 1.29 is 23.9 Å². The molecule has 0 saturated heterocycles. The lowest BCUT2D eigenvalue weighted by Crippen LogP contribution is -2.37. The first-order valence-electron chi connectivity index (χ1n) is 9.29. The highest BCUT2D eigenvalue weighted by molar-refractivity contribution is 6.00. The summed E-state index contributed by atoms with van der Waals surface area (Å²) >= 11 is 0. The lowest BCUT2D eigenvalue weighted by molar-refractivity contribution is -0.0524. The molecule has 2 aromatic rings. The molecule has 0 radical (unpaired) electrons. The first kappa shape index (κ1) is 21.4. The molecule has 1 amide bonds. The summed E-state index contributed by atoms with van der Waals surface area (Å²) in [5, 5.41) is 18.8. The van der Waals surface area contributed by atoms with Gasteiger partial charge in [-0.15, -0.1) is 0 Å². The van der Waals surface area contributed by atoms with Gasteiger partial charge >= 0.3 is 0 Å². The minimum Gasteiger partial charge on any atom is -0.473 e. The number of aromatic nitrogens is 2. The van der Waals surface area contributed by atoms with Crippen LogP contribution >= 0.6 is 0 Å². The van der Waals surface area contributed by atoms with Gasteiger partial charge in [-0.1, -0.05) is 12.1 Å². The number of rotatable bonds is 7. The number of hydroxylamine groups is 1. The van der Waals surface area contributed by atoms with Crippen LogP contribution in [-0.4, -0.2) is 45.5 Å². The molecule has 0 aliphatic heterocycles. The van der Waals surface area contributed by atoms with Crippen LogP contribution in [0.2, 0.25) is 0 Å². The van der Waals surface area contributed by atoms with Crippen LogP contribution in [0.1, 0.15) is 42.6 Å². The topological polar surface area (TPSA) is 143 Å². The van der Waals surface area contributed by atoms with E-state index < -0.39 is 23.8 Å². The van der Waals surface area contributed by atoms with E-state index in [1.165, 1.54) is 13.8 Å². The summed E-state index contributed by atoms with van der Waals surface area (Å²) in [7, 11) is 0. The summed E-state index contributed by atoms with van der Waals surface area (Å²) in [6.07, 6.45) is -1.05. The van der Waals surface area contributed by atoms with E-state index in [1.54, 1.807) is 24.3 Å². The van der Waals surface area contributed by atoms with E-state index in [2.05, 4.69) is 15.4 Å². The monoisotopic (exact) mass is 415 g/mol. The quantitative estimate of drug-likeness (QED) is 0.582. The van der Waals surface area contributed by atoms with Gasteiger partial charge in [-0.3, -0.25) is 9.63 Å². The Balaban J connectivity index is 1.92. The summed E-state index contributed by atoms with van der Waals surface area (Å²) in [4.78, 5) is 26.1. The predicted octanol–water partition coefficient (Wildman–Crippen LogP) is 1.91. The number of aliphatic hydroxyl groups is 1. The molecule has 0 unspecified atom stereocenters. The van der Waals surface area contributed by atoms with Crippen LogP contribution in [0.4, 0.5) is 10.2 Å². The second kappa shape index (κ2) is 8.61. The van der Waals surface area contributed by atoms with E-state index in [9.17, 15) is 14.3 Å². The minimum absolute atomic E-state index is 0.110. The van der Waals surface area contributed by atoms with Crippen LogP contribution in [-0.2, 0) is 4.84 Å². The average Bonchev–Trinajstić information content (AvgIpc) is 2.65. The van der Waals surface area contributed by atoms with Crippen molar-refractivity contribution in [2.75, 3.05) is 12.3 Å². The van der Waals surface area contributed by atoms with Gasteiger partial charge < -0.3 is 15.6 Å². The van der Waals surface area contributed by atoms with E-state index in [-0.39, 0.29) is 42.5 Å². The highest BCUT2D eigenvalue weighted by Crippen LogP contribution is 2.32. The van der Waals surface area contributed by atoms with Crippen molar-refractivity contribution in [1.29, 1.82) is 5.26 Å². The summed E-state index contributed by atoms with van der Waals surface area (Å²) in [6, 6.07) is 8.58. The lowest BCUT2D eigenvalue weighted by Gasteiger charge is -2.30. The number of benzene rings is 1. The van der Waals surface area contributed by atoms with Crippen molar-refractivity contribution in [1.82, 2.24) is 15.4 Å². The van der Waals surface area contributed by atoms with Gasteiger partial charge in [0, 0.05) is 18.4 Å². The SMILES string of the molecule is CC(C)(O)CONC(=O)c1c(N)nc(-c2cccc(C#N)c2)nc1O[C@H]1C[C@H](F)C1. The zero-order chi connectivity index (χ0) is 21.9. The third kappa shape index (κ3) is 5.20. The maximum atomic E-state index is 13.2. The minimum atomic E-state index is -1.16. The van der Waals surface area contributed by atoms with Crippen molar-refractivity contribution in [3.8, 4) is 23.3 Å². The number of nitrogen functional groups attached to an aromatic ring is 1. The molecule has 1 aliphatic rings. The Morgan fingerprint density at radius 1 is 1.43 bits per heavy atom. The molecule has 158 valence electrons. The number of nitrogens with one attached hydrogen (secondary N) is 1. The van der Waals surface area contributed by atoms with E-state index in [4.69, 9.17) is 20.6 Å². The number of alkyl halides is 1. The zero-order valence-electron chi connectivity index (χ0n) is 16.6. The number of amides is 1. The second-order valence-electron chi connectivity index (χ2n) is 7.65. The highest BCUT2D eigenvalue weighted by Gasteiger charge is 2.33. The molecule has 1 heterocycles. The molecule has 4 N–H and O–H groups in total. The predicted molar refractivity (Wildman–Crippen MR) is 105 cm³/mol. The van der Waals surface area contributed by atoms with Crippen molar-refractivity contribution in [3.63, 3.8) is 0 Å². The van der Waals surface area contributed by atoms with E-state index in [0.717, 1.165) is 0 Å². The summed E-state index contributed by atoms with van der Waals surface area (Å²) in [6.45, 7) is 2.86. The number of hydrogen-bond donors (Lipinski definition) is 3. The van der Waals surface area contributed by atoms with Gasteiger partial charge in [-0.25, -0.2) is 14.9 Å². The first-order chi connectivity index (χ1) is 14.2. The van der Waals surface area contributed by atoms with Crippen molar-refractivity contribution in [2.24, 2.45) is 0 Å². The van der Waals surface area contributed by atoms with Gasteiger partial charge in [0.15, 0.2) is 5.82 Å². The first-order valence-corrected chi connectivity index (χ1v) is 9.29. The van der Waals surface area contributed by atoms with Crippen LogP contribution in [0.5, 0.6) is 5.88 Å². The molecule has 3 rings (SSSR count). The number of halogens is 1. The van der Waals surface area contributed by atoms with Gasteiger partial charge in [0.25, 0.3) is 5.91 Å². The number of nitriles is 1. The highest BCUT2D eigenvalue weighted by atomic mass is 19.1. The fourth-order valence-electron chi connectivity index (χ4n) is 2.70. The Labute approximate surface area is 172 Å². The molecule has 0 spiro atoms. The Kier molecular flexibility index (Phi) is 6.14. The number of nitrogens with zero attached hydrogens (tertiary/aromatic N) is 3. The lowest BCUT2D eigenvalue weighted by atomic mass is 9.94. The molecule has 1 aromatic carbocycles. The molecule has 30 heavy (non-hydrogen) atoms. The van der Waals surface area contributed by atoms with Gasteiger partial charge in [-0.05, 0) is 26.0 Å². The molecule has 1 saturated carbocycles. The fraction of sp³-hybridized carbons (Fsp3) is 0.400. The van der Waals surface area contributed by atoms with E-state index in [1.807, 2.05) is 6.07 Å². The summed E-state index contributed by atoms with van der Waals surface area (Å²) < 4.78 is 18.9. The van der Waals surface area contributed by atoms with Gasteiger partial charge in [0.1, 0.15) is 30.3 Å². The Hall–Kier alpha value is -3.29. The second-order valence-corrected chi connectivity index (χ2v) is 7.65. The molecular formula is C20H22FN5O4. The number of ether oxygens (including phenoxy) is 1. The maximum absolute atomic E-state index is 13.2. The van der Waals surface area contributed by atoms with E-state index in [0.29, 0.717) is 11.1 Å². The standard InChI is InChI=1S/C20H22FN5O4/c1-20(2,28)10-29-26-18(27)15-16(23)24-17(12-5-3-4-11(6-12)9-22)25-19(15)30-14-7-13(21)8-14/h3-6,13-14,28H,7-8,10H2,1-2H3,(H,26,27)(H2,23,24,25)/t13-,14-. The Bertz CT molecular complexity index is 980. The van der Waals surface area contributed by atoms with Crippen LogP contribution < -0.4 is 16.0 Å². The van der Waals surface area contributed by atoms with Gasteiger partial charge in [0.05, 0.1) is 17.2 Å². The summed E-state index contributed by atoms with van der Waals surface area (Å²) in [5.74, 6) is -0.885.